The van der Waals surface area contributed by atoms with Crippen molar-refractivity contribution in [2.45, 2.75) is 26.3 Å². The lowest BCUT2D eigenvalue weighted by Gasteiger charge is -2.11. The maximum absolute atomic E-state index is 13.0. The minimum absolute atomic E-state index is 0.00504. The Morgan fingerprint density at radius 2 is 2.16 bits per heavy atom. The molecule has 104 valence electrons. The van der Waals surface area contributed by atoms with Crippen molar-refractivity contribution in [1.29, 1.82) is 0 Å². The van der Waals surface area contributed by atoms with Crippen LogP contribution in [0.25, 0.3) is 0 Å². The third-order valence-electron chi connectivity index (χ3n) is 2.59. The summed E-state index contributed by atoms with van der Waals surface area (Å²) in [6.45, 7) is 3.34. The van der Waals surface area contributed by atoms with Gasteiger partial charge in [0.25, 0.3) is 5.91 Å². The lowest BCUT2D eigenvalue weighted by molar-refractivity contribution is -0.124. The van der Waals surface area contributed by atoms with Crippen molar-refractivity contribution in [3.05, 3.63) is 29.6 Å². The van der Waals surface area contributed by atoms with Gasteiger partial charge in [-0.15, -0.1) is 0 Å². The number of nitrogens with two attached hydrogens (primary N) is 1. The highest BCUT2D eigenvalue weighted by Gasteiger charge is 2.14. The van der Waals surface area contributed by atoms with Crippen LogP contribution in [-0.2, 0) is 9.53 Å². The molecule has 19 heavy (non-hydrogen) atoms. The van der Waals surface area contributed by atoms with Crippen LogP contribution in [-0.4, -0.2) is 24.5 Å². The quantitative estimate of drug-likeness (QED) is 0.626. The molecule has 0 aromatic heterocycles. The number of hydrogen-bond acceptors (Lipinski definition) is 4. The Hall–Kier alpha value is -2.11. The monoisotopic (exact) mass is 268 g/mol. The van der Waals surface area contributed by atoms with Crippen molar-refractivity contribution in [2.75, 3.05) is 12.3 Å². The zero-order valence-electron chi connectivity index (χ0n) is 10.9. The Bertz CT molecular complexity index is 477. The van der Waals surface area contributed by atoms with Crippen LogP contribution in [0.4, 0.5) is 10.1 Å². The molecule has 1 unspecified atom stereocenters. The molecule has 0 saturated carbocycles. The normalized spacial score (nSPS) is 11.7. The van der Waals surface area contributed by atoms with Crippen LogP contribution in [0, 0.1) is 5.82 Å². The minimum Gasteiger partial charge on any atom is -0.452 e. The first kappa shape index (κ1) is 14.9. The van der Waals surface area contributed by atoms with E-state index in [1.54, 1.807) is 0 Å². The maximum atomic E-state index is 13.0. The molecule has 0 aliphatic carbocycles. The lowest BCUT2D eigenvalue weighted by Crippen LogP contribution is -2.35. The first-order valence-corrected chi connectivity index (χ1v) is 5.95. The summed E-state index contributed by atoms with van der Waals surface area (Å²) in [5.74, 6) is -1.82. The molecule has 0 bridgehead atoms. The van der Waals surface area contributed by atoms with Crippen LogP contribution in [0.1, 0.15) is 30.6 Å². The molecule has 1 atom stereocenters. The number of benzene rings is 1. The van der Waals surface area contributed by atoms with E-state index in [9.17, 15) is 14.0 Å². The molecule has 0 aliphatic heterocycles. The number of hydrogen-bond donors (Lipinski definition) is 2. The molecule has 1 rings (SSSR count). The Balaban J connectivity index is 2.56. The molecule has 0 saturated heterocycles. The van der Waals surface area contributed by atoms with Gasteiger partial charge in [-0.3, -0.25) is 4.79 Å². The van der Waals surface area contributed by atoms with E-state index in [2.05, 4.69) is 5.32 Å². The summed E-state index contributed by atoms with van der Waals surface area (Å²) in [5.41, 5.74) is 5.55. The van der Waals surface area contributed by atoms with Crippen LogP contribution < -0.4 is 11.1 Å². The second-order valence-corrected chi connectivity index (χ2v) is 4.18. The fourth-order valence-electron chi connectivity index (χ4n) is 1.33. The van der Waals surface area contributed by atoms with Crippen molar-refractivity contribution in [3.63, 3.8) is 0 Å². The summed E-state index contributed by atoms with van der Waals surface area (Å²) >= 11 is 0. The van der Waals surface area contributed by atoms with E-state index in [4.69, 9.17) is 10.5 Å². The highest BCUT2D eigenvalue weighted by Crippen LogP contribution is 2.14. The van der Waals surface area contributed by atoms with E-state index in [1.807, 2.05) is 13.8 Å². The summed E-state index contributed by atoms with van der Waals surface area (Å²) in [6.07, 6.45) is 0.774. The fraction of sp³-hybridized carbons (Fsp3) is 0.385. The standard InChI is InChI=1S/C13H17FN2O3/c1-3-8(2)16-12(17)7-19-13(18)10-6-9(14)4-5-11(10)15/h4-6,8H,3,7,15H2,1-2H3,(H,16,17). The molecule has 0 spiro atoms. The number of nitrogens with one attached hydrogen (secondary N) is 1. The summed E-state index contributed by atoms with van der Waals surface area (Å²) in [7, 11) is 0. The zero-order chi connectivity index (χ0) is 14.4. The number of anilines is 1. The first-order chi connectivity index (χ1) is 8.93. The van der Waals surface area contributed by atoms with Gasteiger partial charge in [-0.25, -0.2) is 9.18 Å². The van der Waals surface area contributed by atoms with E-state index < -0.39 is 24.3 Å². The van der Waals surface area contributed by atoms with Crippen molar-refractivity contribution < 1.29 is 18.7 Å². The highest BCUT2D eigenvalue weighted by atomic mass is 19.1. The van der Waals surface area contributed by atoms with Crippen LogP contribution in [0.15, 0.2) is 18.2 Å². The van der Waals surface area contributed by atoms with Gasteiger partial charge in [0.2, 0.25) is 0 Å². The Labute approximate surface area is 110 Å². The zero-order valence-corrected chi connectivity index (χ0v) is 10.9. The van der Waals surface area contributed by atoms with Gasteiger partial charge >= 0.3 is 5.97 Å². The molecule has 0 heterocycles. The van der Waals surface area contributed by atoms with Crippen molar-refractivity contribution in [2.24, 2.45) is 0 Å². The van der Waals surface area contributed by atoms with Crippen LogP contribution in [0.2, 0.25) is 0 Å². The number of rotatable bonds is 5. The second kappa shape index (κ2) is 6.72. The van der Waals surface area contributed by atoms with Gasteiger partial charge < -0.3 is 15.8 Å². The van der Waals surface area contributed by atoms with E-state index in [0.717, 1.165) is 18.6 Å². The van der Waals surface area contributed by atoms with E-state index >= 15 is 0 Å². The third-order valence-corrected chi connectivity index (χ3v) is 2.59. The van der Waals surface area contributed by atoms with Crippen LogP contribution in [0.3, 0.4) is 0 Å². The average Bonchev–Trinajstić information content (AvgIpc) is 2.38. The van der Waals surface area contributed by atoms with Gasteiger partial charge in [0.15, 0.2) is 6.61 Å². The van der Waals surface area contributed by atoms with Crippen molar-refractivity contribution >= 4 is 17.6 Å². The SMILES string of the molecule is CCC(C)NC(=O)COC(=O)c1cc(F)ccc1N. The molecule has 3 N–H and O–H groups in total. The highest BCUT2D eigenvalue weighted by molar-refractivity contribution is 5.96. The molecule has 0 aliphatic rings. The minimum atomic E-state index is -0.823. The lowest BCUT2D eigenvalue weighted by atomic mass is 10.2. The Morgan fingerprint density at radius 1 is 1.47 bits per heavy atom. The molecule has 0 radical (unpaired) electrons. The fourth-order valence-corrected chi connectivity index (χ4v) is 1.33. The number of carbonyl (C=O) groups is 2. The number of halogens is 1. The molecule has 1 amide bonds. The summed E-state index contributed by atoms with van der Waals surface area (Å²) in [5, 5.41) is 2.64. The Kier molecular flexibility index (Phi) is 5.29. The van der Waals surface area contributed by atoms with Gasteiger partial charge in [0.05, 0.1) is 5.56 Å². The smallest absolute Gasteiger partial charge is 0.340 e. The van der Waals surface area contributed by atoms with E-state index in [0.29, 0.717) is 0 Å². The molecule has 6 heteroatoms. The first-order valence-electron chi connectivity index (χ1n) is 5.95. The maximum Gasteiger partial charge on any atom is 0.340 e. The number of nitrogen functional groups attached to an aromatic ring is 1. The third kappa shape index (κ3) is 4.57. The molecule has 1 aromatic rings. The summed E-state index contributed by atoms with van der Waals surface area (Å²) in [6, 6.07) is 3.39. The van der Waals surface area contributed by atoms with Crippen molar-refractivity contribution in [1.82, 2.24) is 5.32 Å². The van der Waals surface area contributed by atoms with Crippen LogP contribution in [0.5, 0.6) is 0 Å². The van der Waals surface area contributed by atoms with Gasteiger partial charge in [-0.05, 0) is 31.5 Å². The topological polar surface area (TPSA) is 81.4 Å². The molecular formula is C13H17FN2O3. The Morgan fingerprint density at radius 3 is 2.79 bits per heavy atom. The number of carbonyl (C=O) groups excluding carboxylic acids is 2. The van der Waals surface area contributed by atoms with Gasteiger partial charge in [-0.1, -0.05) is 6.92 Å². The summed E-state index contributed by atoms with van der Waals surface area (Å²) < 4.78 is 17.8. The number of ether oxygens (including phenoxy) is 1. The molecular weight excluding hydrogens is 251 g/mol. The predicted molar refractivity (Wildman–Crippen MR) is 69.0 cm³/mol. The van der Waals surface area contributed by atoms with Gasteiger partial charge in [0.1, 0.15) is 5.82 Å². The second-order valence-electron chi connectivity index (χ2n) is 4.18. The van der Waals surface area contributed by atoms with E-state index in [1.165, 1.54) is 6.07 Å². The van der Waals surface area contributed by atoms with Gasteiger partial charge in [-0.2, -0.15) is 0 Å². The largest absolute Gasteiger partial charge is 0.452 e. The average molecular weight is 268 g/mol. The number of amides is 1. The predicted octanol–water partition coefficient (Wildman–Crippen LogP) is 1.48. The number of esters is 1. The van der Waals surface area contributed by atoms with Gasteiger partial charge in [0, 0.05) is 11.7 Å². The summed E-state index contributed by atoms with van der Waals surface area (Å²) in [4.78, 5) is 23.0. The van der Waals surface area contributed by atoms with E-state index in [-0.39, 0.29) is 17.3 Å². The molecule has 1 aromatic carbocycles. The van der Waals surface area contributed by atoms with Crippen molar-refractivity contribution in [3.8, 4) is 0 Å². The molecule has 5 nitrogen and oxygen atoms in total. The van der Waals surface area contributed by atoms with Crippen LogP contribution >= 0.6 is 0 Å². The molecule has 0 fully saturated rings.